The van der Waals surface area contributed by atoms with Crippen LogP contribution in [0.1, 0.15) is 43.0 Å². The molecule has 0 aromatic carbocycles. The molecule has 0 amide bonds. The van der Waals surface area contributed by atoms with Crippen molar-refractivity contribution in [3.05, 3.63) is 53.7 Å². The molecule has 1 fully saturated rings. The van der Waals surface area contributed by atoms with Gasteiger partial charge in [-0.15, -0.1) is 0 Å². The summed E-state index contributed by atoms with van der Waals surface area (Å²) in [6.07, 6.45) is 4.10. The van der Waals surface area contributed by atoms with Gasteiger partial charge in [-0.25, -0.2) is 0 Å². The Balaban J connectivity index is 1.79. The van der Waals surface area contributed by atoms with Gasteiger partial charge in [0.1, 0.15) is 11.5 Å². The summed E-state index contributed by atoms with van der Waals surface area (Å²) in [6.45, 7) is 2.79. The number of furan rings is 1. The highest BCUT2D eigenvalue weighted by Crippen LogP contribution is 2.36. The Morgan fingerprint density at radius 1 is 1.33 bits per heavy atom. The molecule has 3 rings (SSSR count). The SMILES string of the molecule is CCc1ccc(C2CCCN2S(=O)(=O)N(C)Cc2ccccn2)o1. The van der Waals surface area contributed by atoms with E-state index in [1.165, 1.54) is 4.31 Å². The van der Waals surface area contributed by atoms with E-state index in [1.807, 2.05) is 37.3 Å². The summed E-state index contributed by atoms with van der Waals surface area (Å²) in [5, 5.41) is 0. The molecule has 1 saturated heterocycles. The summed E-state index contributed by atoms with van der Waals surface area (Å²) >= 11 is 0. The van der Waals surface area contributed by atoms with E-state index in [9.17, 15) is 8.42 Å². The van der Waals surface area contributed by atoms with E-state index in [1.54, 1.807) is 17.5 Å². The highest BCUT2D eigenvalue weighted by atomic mass is 32.2. The van der Waals surface area contributed by atoms with Gasteiger partial charge in [0.05, 0.1) is 18.3 Å². The minimum atomic E-state index is -3.57. The second-order valence-electron chi connectivity index (χ2n) is 6.01. The Kier molecular flexibility index (Phi) is 5.03. The molecule has 1 aliphatic rings. The fourth-order valence-electron chi connectivity index (χ4n) is 3.04. The van der Waals surface area contributed by atoms with Crippen LogP contribution in [0, 0.1) is 0 Å². The van der Waals surface area contributed by atoms with Crippen molar-refractivity contribution in [1.82, 2.24) is 13.6 Å². The Bertz CT molecular complexity index is 773. The number of hydrogen-bond acceptors (Lipinski definition) is 4. The first-order chi connectivity index (χ1) is 11.5. The van der Waals surface area contributed by atoms with Crippen molar-refractivity contribution in [3.8, 4) is 0 Å². The number of aromatic nitrogens is 1. The lowest BCUT2D eigenvalue weighted by Crippen LogP contribution is -2.41. The lowest BCUT2D eigenvalue weighted by Gasteiger charge is -2.27. The molecule has 0 saturated carbocycles. The monoisotopic (exact) mass is 349 g/mol. The first-order valence-electron chi connectivity index (χ1n) is 8.24. The molecular formula is C17H23N3O3S. The summed E-state index contributed by atoms with van der Waals surface area (Å²) in [5.74, 6) is 1.62. The number of nitrogens with zero attached hydrogens (tertiary/aromatic N) is 3. The lowest BCUT2D eigenvalue weighted by molar-refractivity contribution is 0.305. The van der Waals surface area contributed by atoms with E-state index < -0.39 is 10.2 Å². The molecule has 24 heavy (non-hydrogen) atoms. The Morgan fingerprint density at radius 3 is 2.83 bits per heavy atom. The molecule has 130 valence electrons. The third-order valence-corrected chi connectivity index (χ3v) is 6.31. The molecule has 0 bridgehead atoms. The largest absolute Gasteiger partial charge is 0.464 e. The molecule has 3 heterocycles. The van der Waals surface area contributed by atoms with Crippen LogP contribution in [0.3, 0.4) is 0 Å². The fraction of sp³-hybridized carbons (Fsp3) is 0.471. The van der Waals surface area contributed by atoms with Crippen LogP contribution in [-0.4, -0.2) is 35.6 Å². The first-order valence-corrected chi connectivity index (χ1v) is 9.63. The second kappa shape index (κ2) is 7.04. The number of rotatable bonds is 6. The van der Waals surface area contributed by atoms with Crippen LogP contribution in [0.25, 0.3) is 0 Å². The Labute approximate surface area is 143 Å². The first kappa shape index (κ1) is 17.1. The Hall–Kier alpha value is -1.70. The average molecular weight is 349 g/mol. The molecule has 1 unspecified atom stereocenters. The van der Waals surface area contributed by atoms with E-state index in [0.717, 1.165) is 36.5 Å². The van der Waals surface area contributed by atoms with E-state index in [0.29, 0.717) is 6.54 Å². The van der Waals surface area contributed by atoms with Gasteiger partial charge in [0.25, 0.3) is 10.2 Å². The molecule has 1 atom stereocenters. The lowest BCUT2D eigenvalue weighted by atomic mass is 10.2. The van der Waals surface area contributed by atoms with Crippen LogP contribution in [-0.2, 0) is 23.2 Å². The Morgan fingerprint density at radius 2 is 2.17 bits per heavy atom. The van der Waals surface area contributed by atoms with Gasteiger partial charge < -0.3 is 4.42 Å². The molecule has 6 nitrogen and oxygen atoms in total. The van der Waals surface area contributed by atoms with Crippen molar-refractivity contribution in [3.63, 3.8) is 0 Å². The third kappa shape index (κ3) is 3.38. The van der Waals surface area contributed by atoms with E-state index in [-0.39, 0.29) is 12.6 Å². The van der Waals surface area contributed by atoms with Gasteiger partial charge in [0.2, 0.25) is 0 Å². The summed E-state index contributed by atoms with van der Waals surface area (Å²) in [4.78, 5) is 4.21. The quantitative estimate of drug-likeness (QED) is 0.804. The number of pyridine rings is 1. The van der Waals surface area contributed by atoms with Crippen molar-refractivity contribution in [1.29, 1.82) is 0 Å². The van der Waals surface area contributed by atoms with E-state index in [2.05, 4.69) is 4.98 Å². The molecule has 0 spiro atoms. The fourth-order valence-corrected chi connectivity index (χ4v) is 4.59. The van der Waals surface area contributed by atoms with Gasteiger partial charge in [0.15, 0.2) is 0 Å². The average Bonchev–Trinajstić information content (AvgIpc) is 3.24. The molecule has 0 N–H and O–H groups in total. The smallest absolute Gasteiger partial charge is 0.282 e. The highest BCUT2D eigenvalue weighted by molar-refractivity contribution is 7.86. The van der Waals surface area contributed by atoms with Gasteiger partial charge in [-0.2, -0.15) is 17.0 Å². The summed E-state index contributed by atoms with van der Waals surface area (Å²) in [5.41, 5.74) is 0.727. The highest BCUT2D eigenvalue weighted by Gasteiger charge is 2.39. The normalized spacial score (nSPS) is 19.2. The van der Waals surface area contributed by atoms with Gasteiger partial charge in [-0.05, 0) is 37.1 Å². The van der Waals surface area contributed by atoms with Crippen molar-refractivity contribution in [2.45, 2.75) is 38.8 Å². The zero-order chi connectivity index (χ0) is 17.2. The summed E-state index contributed by atoms with van der Waals surface area (Å²) in [6, 6.07) is 9.11. The molecule has 1 aliphatic heterocycles. The summed E-state index contributed by atoms with van der Waals surface area (Å²) in [7, 11) is -1.97. The molecule has 7 heteroatoms. The zero-order valence-corrected chi connectivity index (χ0v) is 14.9. The predicted molar refractivity (Wildman–Crippen MR) is 91.4 cm³/mol. The van der Waals surface area contributed by atoms with Gasteiger partial charge in [-0.1, -0.05) is 13.0 Å². The van der Waals surface area contributed by atoms with Gasteiger partial charge in [0, 0.05) is 26.2 Å². The summed E-state index contributed by atoms with van der Waals surface area (Å²) < 4.78 is 34.7. The van der Waals surface area contributed by atoms with E-state index >= 15 is 0 Å². The third-order valence-electron chi connectivity index (χ3n) is 4.36. The maximum atomic E-state index is 13.0. The maximum Gasteiger partial charge on any atom is 0.282 e. The minimum Gasteiger partial charge on any atom is -0.464 e. The van der Waals surface area contributed by atoms with Crippen molar-refractivity contribution in [2.75, 3.05) is 13.6 Å². The molecule has 2 aromatic rings. The number of hydrogen-bond donors (Lipinski definition) is 0. The van der Waals surface area contributed by atoms with Crippen LogP contribution in [0.15, 0.2) is 40.9 Å². The molecule has 2 aromatic heterocycles. The maximum absolute atomic E-state index is 13.0. The van der Waals surface area contributed by atoms with Crippen LogP contribution >= 0.6 is 0 Å². The van der Waals surface area contributed by atoms with Gasteiger partial charge >= 0.3 is 0 Å². The number of aryl methyl sites for hydroxylation is 1. The molecule has 0 radical (unpaired) electrons. The van der Waals surface area contributed by atoms with Crippen LogP contribution in [0.5, 0.6) is 0 Å². The van der Waals surface area contributed by atoms with Crippen LogP contribution in [0.4, 0.5) is 0 Å². The predicted octanol–water partition coefficient (Wildman–Crippen LogP) is 2.75. The van der Waals surface area contributed by atoms with Crippen LogP contribution in [0.2, 0.25) is 0 Å². The molecule has 0 aliphatic carbocycles. The van der Waals surface area contributed by atoms with Crippen LogP contribution < -0.4 is 0 Å². The van der Waals surface area contributed by atoms with Crippen molar-refractivity contribution >= 4 is 10.2 Å². The zero-order valence-electron chi connectivity index (χ0n) is 14.1. The van der Waals surface area contributed by atoms with Crippen molar-refractivity contribution < 1.29 is 12.8 Å². The standard InChI is InChI=1S/C17H23N3O3S/c1-3-15-9-10-17(23-15)16-8-6-12-20(16)24(21,22)19(2)13-14-7-4-5-11-18-14/h4-5,7,9-11,16H,3,6,8,12-13H2,1-2H3. The topological polar surface area (TPSA) is 66.7 Å². The molecular weight excluding hydrogens is 326 g/mol. The van der Waals surface area contributed by atoms with Gasteiger partial charge in [-0.3, -0.25) is 4.98 Å². The second-order valence-corrected chi connectivity index (χ2v) is 8.00. The minimum absolute atomic E-state index is 0.221. The van der Waals surface area contributed by atoms with E-state index in [4.69, 9.17) is 4.42 Å². The van der Waals surface area contributed by atoms with Crippen molar-refractivity contribution in [2.24, 2.45) is 0 Å².